The van der Waals surface area contributed by atoms with E-state index in [1.54, 1.807) is 31.3 Å². The zero-order chi connectivity index (χ0) is 16.4. The zero-order valence-electron chi connectivity index (χ0n) is 12.3. The first kappa shape index (κ1) is 15.2. The average Bonchev–Trinajstić information content (AvgIpc) is 2.55. The summed E-state index contributed by atoms with van der Waals surface area (Å²) in [6.45, 7) is 1.93. The fourth-order valence-electron chi connectivity index (χ4n) is 2.43. The number of fused-ring (bicyclic) bond motifs is 1. The van der Waals surface area contributed by atoms with Crippen LogP contribution in [0.25, 0.3) is 10.9 Å². The Hall–Kier alpha value is -2.66. The van der Waals surface area contributed by atoms with E-state index >= 15 is 0 Å². The van der Waals surface area contributed by atoms with Gasteiger partial charge in [-0.1, -0.05) is 23.7 Å². The maximum atomic E-state index is 11.0. The third-order valence-corrected chi connectivity index (χ3v) is 3.96. The van der Waals surface area contributed by atoms with E-state index < -0.39 is 4.92 Å². The van der Waals surface area contributed by atoms with Crippen molar-refractivity contribution < 1.29 is 9.66 Å². The Morgan fingerprint density at radius 1 is 1.22 bits per heavy atom. The Morgan fingerprint density at radius 3 is 2.83 bits per heavy atom. The van der Waals surface area contributed by atoms with Crippen molar-refractivity contribution >= 4 is 28.2 Å². The van der Waals surface area contributed by atoms with E-state index in [1.807, 2.05) is 18.2 Å². The minimum atomic E-state index is -0.415. The van der Waals surface area contributed by atoms with Gasteiger partial charge in [-0.05, 0) is 31.2 Å². The standard InChI is InChI=1S/C17H13ClN2O3/c1-11-15(20(21)22)5-2-6-16(11)23-10-12-7-8-14(18)13-4-3-9-19-17(12)13/h2-9H,10H2,1H3. The van der Waals surface area contributed by atoms with Crippen LogP contribution in [0.1, 0.15) is 11.1 Å². The molecule has 23 heavy (non-hydrogen) atoms. The zero-order valence-corrected chi connectivity index (χ0v) is 13.1. The normalized spacial score (nSPS) is 10.7. The van der Waals surface area contributed by atoms with Gasteiger partial charge < -0.3 is 4.74 Å². The number of ether oxygens (including phenoxy) is 1. The maximum absolute atomic E-state index is 11.0. The number of benzene rings is 2. The van der Waals surface area contributed by atoms with E-state index in [1.165, 1.54) is 6.07 Å². The number of halogens is 1. The molecular formula is C17H13ClN2O3. The monoisotopic (exact) mass is 328 g/mol. The van der Waals surface area contributed by atoms with E-state index in [0.717, 1.165) is 16.5 Å². The summed E-state index contributed by atoms with van der Waals surface area (Å²) < 4.78 is 5.77. The third-order valence-electron chi connectivity index (χ3n) is 3.64. The lowest BCUT2D eigenvalue weighted by Gasteiger charge is -2.11. The molecule has 0 bridgehead atoms. The third kappa shape index (κ3) is 2.96. The Balaban J connectivity index is 1.92. The van der Waals surface area contributed by atoms with Crippen molar-refractivity contribution in [1.29, 1.82) is 0 Å². The highest BCUT2D eigenvalue weighted by atomic mass is 35.5. The smallest absolute Gasteiger partial charge is 0.276 e. The van der Waals surface area contributed by atoms with Crippen molar-refractivity contribution in [3.63, 3.8) is 0 Å². The Kier molecular flexibility index (Phi) is 4.12. The van der Waals surface area contributed by atoms with Gasteiger partial charge in [0.15, 0.2) is 0 Å². The number of nitrogens with zero attached hydrogens (tertiary/aromatic N) is 2. The number of nitro benzene ring substituents is 1. The minimum Gasteiger partial charge on any atom is -0.488 e. The van der Waals surface area contributed by atoms with Crippen molar-refractivity contribution in [2.75, 3.05) is 0 Å². The Morgan fingerprint density at radius 2 is 2.04 bits per heavy atom. The molecule has 3 aromatic rings. The highest BCUT2D eigenvalue weighted by molar-refractivity contribution is 6.35. The van der Waals surface area contributed by atoms with Crippen LogP contribution in [0.4, 0.5) is 5.69 Å². The second-order valence-electron chi connectivity index (χ2n) is 5.05. The average molecular weight is 329 g/mol. The predicted octanol–water partition coefficient (Wildman–Crippen LogP) is 4.68. The first-order chi connectivity index (χ1) is 11.1. The number of hydrogen-bond acceptors (Lipinski definition) is 4. The summed E-state index contributed by atoms with van der Waals surface area (Å²) in [5.41, 5.74) is 2.18. The van der Waals surface area contributed by atoms with Crippen molar-refractivity contribution in [3.8, 4) is 5.75 Å². The van der Waals surface area contributed by atoms with E-state index in [4.69, 9.17) is 16.3 Å². The molecule has 0 aliphatic heterocycles. The lowest BCUT2D eigenvalue weighted by atomic mass is 10.1. The number of hydrogen-bond donors (Lipinski definition) is 0. The second-order valence-corrected chi connectivity index (χ2v) is 5.46. The molecule has 0 aliphatic rings. The molecule has 0 amide bonds. The molecule has 5 nitrogen and oxygen atoms in total. The summed E-state index contributed by atoms with van der Waals surface area (Å²) in [6.07, 6.45) is 1.70. The van der Waals surface area contributed by atoms with Crippen LogP contribution in [0, 0.1) is 17.0 Å². The van der Waals surface area contributed by atoms with Gasteiger partial charge in [0, 0.05) is 28.2 Å². The molecule has 0 atom stereocenters. The molecule has 0 N–H and O–H groups in total. The summed E-state index contributed by atoms with van der Waals surface area (Å²) in [4.78, 5) is 14.9. The van der Waals surface area contributed by atoms with E-state index in [2.05, 4.69) is 4.98 Å². The van der Waals surface area contributed by atoms with E-state index in [-0.39, 0.29) is 12.3 Å². The quantitative estimate of drug-likeness (QED) is 0.515. The summed E-state index contributed by atoms with van der Waals surface area (Å²) in [5.74, 6) is 0.484. The highest BCUT2D eigenvalue weighted by Crippen LogP contribution is 2.29. The van der Waals surface area contributed by atoms with Gasteiger partial charge in [-0.25, -0.2) is 0 Å². The Bertz CT molecular complexity index is 896. The molecule has 0 saturated heterocycles. The van der Waals surface area contributed by atoms with Crippen molar-refractivity contribution in [1.82, 2.24) is 4.98 Å². The first-order valence-electron chi connectivity index (χ1n) is 6.97. The van der Waals surface area contributed by atoms with E-state index in [9.17, 15) is 10.1 Å². The molecule has 0 fully saturated rings. The SMILES string of the molecule is Cc1c(OCc2ccc(Cl)c3cccnc23)cccc1[N+](=O)[O-]. The second kappa shape index (κ2) is 6.22. The number of rotatable bonds is 4. The van der Waals surface area contributed by atoms with Crippen molar-refractivity contribution in [2.45, 2.75) is 13.5 Å². The molecule has 6 heteroatoms. The molecule has 0 unspecified atom stereocenters. The summed E-state index contributed by atoms with van der Waals surface area (Å²) in [7, 11) is 0. The van der Waals surface area contributed by atoms with Crippen LogP contribution in [0.2, 0.25) is 5.02 Å². The van der Waals surface area contributed by atoms with Crippen molar-refractivity contribution in [3.05, 3.63) is 74.9 Å². The van der Waals surface area contributed by atoms with Gasteiger partial charge >= 0.3 is 0 Å². The lowest BCUT2D eigenvalue weighted by Crippen LogP contribution is -2.00. The summed E-state index contributed by atoms with van der Waals surface area (Å²) in [6, 6.07) is 12.2. The lowest BCUT2D eigenvalue weighted by molar-refractivity contribution is -0.385. The van der Waals surface area contributed by atoms with Crippen LogP contribution < -0.4 is 4.74 Å². The fourth-order valence-corrected chi connectivity index (χ4v) is 2.64. The maximum Gasteiger partial charge on any atom is 0.276 e. The molecule has 0 radical (unpaired) electrons. The topological polar surface area (TPSA) is 65.3 Å². The predicted molar refractivity (Wildman–Crippen MR) is 88.9 cm³/mol. The molecule has 1 heterocycles. The number of aromatic nitrogens is 1. The highest BCUT2D eigenvalue weighted by Gasteiger charge is 2.14. The number of nitro groups is 1. The molecule has 116 valence electrons. The van der Waals surface area contributed by atoms with Crippen LogP contribution >= 0.6 is 11.6 Å². The van der Waals surface area contributed by atoms with Crippen LogP contribution in [-0.4, -0.2) is 9.91 Å². The molecule has 1 aromatic heterocycles. The largest absolute Gasteiger partial charge is 0.488 e. The van der Waals surface area contributed by atoms with Crippen molar-refractivity contribution in [2.24, 2.45) is 0 Å². The van der Waals surface area contributed by atoms with Gasteiger partial charge in [0.1, 0.15) is 12.4 Å². The molecule has 0 aliphatic carbocycles. The molecule has 2 aromatic carbocycles. The van der Waals surface area contributed by atoms with Crippen LogP contribution in [-0.2, 0) is 6.61 Å². The summed E-state index contributed by atoms with van der Waals surface area (Å²) >= 11 is 6.17. The Labute approximate surface area is 137 Å². The molecule has 0 spiro atoms. The summed E-state index contributed by atoms with van der Waals surface area (Å²) in [5, 5.41) is 12.5. The van der Waals surface area contributed by atoms with Gasteiger partial charge in [0.2, 0.25) is 0 Å². The van der Waals surface area contributed by atoms with Gasteiger partial charge in [-0.15, -0.1) is 0 Å². The van der Waals surface area contributed by atoms with E-state index in [0.29, 0.717) is 16.3 Å². The van der Waals surface area contributed by atoms with Crippen LogP contribution in [0.15, 0.2) is 48.7 Å². The minimum absolute atomic E-state index is 0.0431. The van der Waals surface area contributed by atoms with Gasteiger partial charge in [0.25, 0.3) is 5.69 Å². The first-order valence-corrected chi connectivity index (χ1v) is 7.34. The van der Waals surface area contributed by atoms with Gasteiger partial charge in [0.05, 0.1) is 16.0 Å². The van der Waals surface area contributed by atoms with Crippen LogP contribution in [0.5, 0.6) is 5.75 Å². The fraction of sp³-hybridized carbons (Fsp3) is 0.118. The van der Waals surface area contributed by atoms with Crippen LogP contribution in [0.3, 0.4) is 0 Å². The van der Waals surface area contributed by atoms with Gasteiger partial charge in [-0.2, -0.15) is 0 Å². The van der Waals surface area contributed by atoms with Gasteiger partial charge in [-0.3, -0.25) is 15.1 Å². The molecular weight excluding hydrogens is 316 g/mol. The molecule has 3 rings (SSSR count). The molecule has 0 saturated carbocycles. The number of pyridine rings is 1.